The number of amides is 1. The average Bonchev–Trinajstić information content (AvgIpc) is 2.81. The van der Waals surface area contributed by atoms with E-state index in [-0.39, 0.29) is 18.8 Å². The Morgan fingerprint density at radius 2 is 2.14 bits per heavy atom. The smallest absolute Gasteiger partial charge is 0.360 e. The fourth-order valence-electron chi connectivity index (χ4n) is 1.73. The number of rotatable bonds is 4. The van der Waals surface area contributed by atoms with Crippen LogP contribution >= 0.6 is 0 Å². The summed E-state index contributed by atoms with van der Waals surface area (Å²) in [6.45, 7) is 1.47. The Hall–Kier alpha value is -2.58. The van der Waals surface area contributed by atoms with Crippen LogP contribution in [0.25, 0.3) is 0 Å². The van der Waals surface area contributed by atoms with Gasteiger partial charge in [0.25, 0.3) is 5.56 Å². The van der Waals surface area contributed by atoms with Crippen molar-refractivity contribution in [2.24, 2.45) is 0 Å². The van der Waals surface area contributed by atoms with E-state index in [0.29, 0.717) is 18.0 Å². The van der Waals surface area contributed by atoms with Crippen LogP contribution < -0.4 is 10.9 Å². The summed E-state index contributed by atoms with van der Waals surface area (Å²) in [6, 6.07) is 3.02. The molecule has 0 radical (unpaired) electrons. The van der Waals surface area contributed by atoms with Crippen molar-refractivity contribution in [1.82, 2.24) is 9.72 Å². The van der Waals surface area contributed by atoms with Gasteiger partial charge in [-0.1, -0.05) is 5.16 Å². The van der Waals surface area contributed by atoms with Gasteiger partial charge in [-0.3, -0.25) is 9.59 Å². The molecule has 0 saturated heterocycles. The molecule has 0 fully saturated rings. The largest absolute Gasteiger partial charge is 0.417 e. The third-order valence-corrected chi connectivity index (χ3v) is 2.79. The number of nitrogens with one attached hydrogen (secondary N) is 1. The lowest BCUT2D eigenvalue weighted by molar-refractivity contribution is -0.138. The zero-order valence-corrected chi connectivity index (χ0v) is 11.5. The highest BCUT2D eigenvalue weighted by Crippen LogP contribution is 2.28. The molecule has 2 heterocycles. The Labute approximate surface area is 122 Å². The van der Waals surface area contributed by atoms with Crippen LogP contribution in [-0.4, -0.2) is 15.6 Å². The van der Waals surface area contributed by atoms with E-state index in [1.807, 2.05) is 0 Å². The van der Waals surface area contributed by atoms with Gasteiger partial charge in [0.15, 0.2) is 5.82 Å². The molecule has 22 heavy (non-hydrogen) atoms. The van der Waals surface area contributed by atoms with Gasteiger partial charge in [0.05, 0.1) is 5.56 Å². The molecule has 6 nitrogen and oxygen atoms in total. The van der Waals surface area contributed by atoms with Gasteiger partial charge in [0.2, 0.25) is 5.91 Å². The monoisotopic (exact) mass is 315 g/mol. The van der Waals surface area contributed by atoms with Crippen LogP contribution in [0.4, 0.5) is 19.0 Å². The Morgan fingerprint density at radius 1 is 1.41 bits per heavy atom. The first kappa shape index (κ1) is 15.8. The zero-order valence-electron chi connectivity index (χ0n) is 11.5. The lowest BCUT2D eigenvalue weighted by Gasteiger charge is -2.10. The summed E-state index contributed by atoms with van der Waals surface area (Å²) in [5.74, 6) is 0.223. The number of aryl methyl sites for hydroxylation is 2. The highest BCUT2D eigenvalue weighted by molar-refractivity contribution is 5.89. The number of carbonyl (C=O) groups is 1. The van der Waals surface area contributed by atoms with Crippen molar-refractivity contribution in [2.75, 3.05) is 5.32 Å². The lowest BCUT2D eigenvalue weighted by Crippen LogP contribution is -2.24. The number of carbonyl (C=O) groups excluding carboxylic acids is 1. The van der Waals surface area contributed by atoms with Crippen LogP contribution in [0.3, 0.4) is 0 Å². The van der Waals surface area contributed by atoms with E-state index in [1.54, 1.807) is 6.92 Å². The molecular weight excluding hydrogens is 303 g/mol. The molecular formula is C13H12F3N3O3. The predicted molar refractivity (Wildman–Crippen MR) is 70.2 cm³/mol. The number of pyridine rings is 1. The summed E-state index contributed by atoms with van der Waals surface area (Å²) in [5.41, 5.74) is -1.56. The SMILES string of the molecule is Cc1cc(NC(=O)CCn2cc(C(F)(F)F)ccc2=O)no1. The quantitative estimate of drug-likeness (QED) is 0.938. The Bertz CT molecular complexity index is 734. The van der Waals surface area contributed by atoms with Crippen molar-refractivity contribution >= 4 is 11.7 Å². The Morgan fingerprint density at radius 3 is 2.73 bits per heavy atom. The minimum absolute atomic E-state index is 0.173. The summed E-state index contributed by atoms with van der Waals surface area (Å²) in [4.78, 5) is 23.2. The van der Waals surface area contributed by atoms with E-state index in [0.717, 1.165) is 10.6 Å². The fraction of sp³-hybridized carbons (Fsp3) is 0.308. The molecule has 2 rings (SSSR count). The van der Waals surface area contributed by atoms with Crippen molar-refractivity contribution in [3.63, 3.8) is 0 Å². The van der Waals surface area contributed by atoms with Gasteiger partial charge in [-0.05, 0) is 13.0 Å². The number of hydrogen-bond acceptors (Lipinski definition) is 4. The van der Waals surface area contributed by atoms with E-state index >= 15 is 0 Å². The molecule has 0 saturated carbocycles. The number of alkyl halides is 3. The molecule has 0 aromatic carbocycles. The highest BCUT2D eigenvalue weighted by Gasteiger charge is 2.31. The number of halogens is 3. The fourth-order valence-corrected chi connectivity index (χ4v) is 1.73. The van der Waals surface area contributed by atoms with E-state index in [9.17, 15) is 22.8 Å². The molecule has 9 heteroatoms. The maximum absolute atomic E-state index is 12.6. The predicted octanol–water partition coefficient (Wildman–Crippen LogP) is 2.19. The van der Waals surface area contributed by atoms with Crippen LogP contribution in [-0.2, 0) is 17.5 Å². The van der Waals surface area contributed by atoms with E-state index in [2.05, 4.69) is 10.5 Å². The van der Waals surface area contributed by atoms with Crippen molar-refractivity contribution in [3.05, 3.63) is 46.1 Å². The summed E-state index contributed by atoms with van der Waals surface area (Å²) >= 11 is 0. The van der Waals surface area contributed by atoms with Crippen molar-refractivity contribution < 1.29 is 22.5 Å². The molecule has 1 N–H and O–H groups in total. The summed E-state index contributed by atoms with van der Waals surface area (Å²) < 4.78 is 43.3. The van der Waals surface area contributed by atoms with Crippen LogP contribution in [0.15, 0.2) is 33.7 Å². The normalized spacial score (nSPS) is 11.5. The molecule has 0 aliphatic heterocycles. The van der Waals surface area contributed by atoms with Crippen LogP contribution in [0.5, 0.6) is 0 Å². The topological polar surface area (TPSA) is 77.1 Å². The molecule has 0 atom stereocenters. The summed E-state index contributed by atoms with van der Waals surface area (Å²) in [5, 5.41) is 5.97. The maximum Gasteiger partial charge on any atom is 0.417 e. The third-order valence-electron chi connectivity index (χ3n) is 2.79. The molecule has 118 valence electrons. The molecule has 2 aromatic rings. The van der Waals surface area contributed by atoms with E-state index in [4.69, 9.17) is 4.52 Å². The van der Waals surface area contributed by atoms with Crippen LogP contribution in [0, 0.1) is 6.92 Å². The van der Waals surface area contributed by atoms with Gasteiger partial charge in [-0.15, -0.1) is 0 Å². The Kier molecular flexibility index (Phi) is 4.34. The second-order valence-electron chi connectivity index (χ2n) is 4.57. The molecule has 1 amide bonds. The maximum atomic E-state index is 12.6. The van der Waals surface area contributed by atoms with Gasteiger partial charge in [-0.2, -0.15) is 13.2 Å². The lowest BCUT2D eigenvalue weighted by atomic mass is 10.2. The minimum atomic E-state index is -4.55. The van der Waals surface area contributed by atoms with Gasteiger partial charge in [0.1, 0.15) is 5.76 Å². The second-order valence-corrected chi connectivity index (χ2v) is 4.57. The minimum Gasteiger partial charge on any atom is -0.360 e. The first-order chi connectivity index (χ1) is 10.3. The highest BCUT2D eigenvalue weighted by atomic mass is 19.4. The second kappa shape index (κ2) is 6.04. The summed E-state index contributed by atoms with van der Waals surface area (Å²) in [6.07, 6.45) is -4.03. The average molecular weight is 315 g/mol. The zero-order chi connectivity index (χ0) is 16.3. The number of nitrogens with zero attached hydrogens (tertiary/aromatic N) is 2. The molecule has 0 unspecified atom stereocenters. The van der Waals surface area contributed by atoms with Gasteiger partial charge < -0.3 is 14.4 Å². The van der Waals surface area contributed by atoms with Crippen molar-refractivity contribution in [2.45, 2.75) is 26.1 Å². The van der Waals surface area contributed by atoms with E-state index in [1.165, 1.54) is 6.07 Å². The number of hydrogen-bond donors (Lipinski definition) is 1. The molecule has 0 bridgehead atoms. The molecule has 2 aromatic heterocycles. The first-order valence-corrected chi connectivity index (χ1v) is 6.26. The van der Waals surface area contributed by atoms with Crippen LogP contribution in [0.1, 0.15) is 17.7 Å². The third kappa shape index (κ3) is 3.96. The van der Waals surface area contributed by atoms with Gasteiger partial charge in [0, 0.05) is 31.3 Å². The number of anilines is 1. The Balaban J connectivity index is 2.02. The molecule has 0 aliphatic rings. The van der Waals surface area contributed by atoms with Crippen molar-refractivity contribution in [3.8, 4) is 0 Å². The standard InChI is InChI=1S/C13H12F3N3O3/c1-8-6-10(18-22-8)17-11(20)4-5-19-7-9(13(14,15)16)2-3-12(19)21/h2-3,6-7H,4-5H2,1H3,(H,17,18,20). The first-order valence-electron chi connectivity index (χ1n) is 6.26. The summed E-state index contributed by atoms with van der Waals surface area (Å²) in [7, 11) is 0. The van der Waals surface area contributed by atoms with Crippen LogP contribution in [0.2, 0.25) is 0 Å². The molecule has 0 spiro atoms. The van der Waals surface area contributed by atoms with Gasteiger partial charge >= 0.3 is 6.18 Å². The van der Waals surface area contributed by atoms with Crippen molar-refractivity contribution in [1.29, 1.82) is 0 Å². The van der Waals surface area contributed by atoms with E-state index < -0.39 is 23.2 Å². The molecule has 0 aliphatic carbocycles. The number of aromatic nitrogens is 2. The van der Waals surface area contributed by atoms with Gasteiger partial charge in [-0.25, -0.2) is 0 Å².